The normalized spacial score (nSPS) is 18.1. The van der Waals surface area contributed by atoms with Gasteiger partial charge in [-0.15, -0.1) is 41.0 Å². The van der Waals surface area contributed by atoms with Gasteiger partial charge in [-0.2, -0.15) is 0 Å². The van der Waals surface area contributed by atoms with Gasteiger partial charge in [0.2, 0.25) is 0 Å². The predicted octanol–water partition coefficient (Wildman–Crippen LogP) is -26.4. The molecular weight excluding hydrogens is 1010 g/mol. The van der Waals surface area contributed by atoms with Gasteiger partial charge >= 0.3 is 33.0 Å². The van der Waals surface area contributed by atoms with Crippen LogP contribution in [0, 0.1) is 41.0 Å². The Labute approximate surface area is 374 Å². The Hall–Kier alpha value is -0.0330. The van der Waals surface area contributed by atoms with Gasteiger partial charge < -0.3 is 62.3 Å². The van der Waals surface area contributed by atoms with Gasteiger partial charge in [-0.25, -0.2) is 74.5 Å². The van der Waals surface area contributed by atoms with Gasteiger partial charge in [0.05, 0.1) is 11.9 Å². The molecule has 0 saturated carbocycles. The number of carboxylic acid groups (broad SMARTS) is 2. The molecule has 0 unspecified atom stereocenters. The van der Waals surface area contributed by atoms with Crippen molar-refractivity contribution in [2.24, 2.45) is 0 Å². The Kier molecular flexibility index (Phi) is 56.4. The van der Waals surface area contributed by atoms with Gasteiger partial charge in [0.1, 0.15) is 0 Å². The van der Waals surface area contributed by atoms with Gasteiger partial charge in [-0.1, -0.05) is 0 Å². The van der Waals surface area contributed by atoms with Crippen LogP contribution in [0.5, 0.6) is 0 Å². The van der Waals surface area contributed by atoms with Crippen molar-refractivity contribution >= 4 is 11.9 Å². The van der Waals surface area contributed by atoms with E-state index in [2.05, 4.69) is 90.3 Å². The number of hydrogen-bond donors (Lipinski definition) is 8. The van der Waals surface area contributed by atoms with Crippen LogP contribution >= 0.6 is 0 Å². The summed E-state index contributed by atoms with van der Waals surface area (Å²) in [7, 11) is -11.3. The quantitative estimate of drug-likeness (QED) is 0.0825. The van der Waals surface area contributed by atoms with Crippen LogP contribution in [0.4, 0.5) is 0 Å². The van der Waals surface area contributed by atoms with Gasteiger partial charge in [-0.05, 0) is 28.2 Å². The van der Waals surface area contributed by atoms with Crippen molar-refractivity contribution in [3.8, 4) is 0 Å². The second-order valence-corrected chi connectivity index (χ2v) is 13.8. The van der Waals surface area contributed by atoms with Gasteiger partial charge in [-0.3, -0.25) is 19.6 Å². The molecule has 2 radical (unpaired) electrons. The fraction of sp³-hybridized carbons (Fsp3) is 0.909. The molecule has 0 aromatic carbocycles. The molecule has 60 heavy (non-hydrogen) atoms. The standard InChI is InChI=1S/2C10H26N6.C2H2O4.4ClHO4.2Ni/c2*1-15-7-11-3-5-13-9-16(2)10-14-6-4-12-8-15;3-1(4)2(5)6;4*2-1(3,4)5;;/h2*11-14H,3-10H2,1-2H3;(H,3,4)(H,5,6);4*(H,2,3,4,5);;/q;;;;;;;2*+3/p-6. The molecule has 0 aromatic rings. The molecule has 2 rings (SSSR count). The van der Waals surface area contributed by atoms with Gasteiger partial charge in [0.15, 0.2) is 0 Å². The van der Waals surface area contributed by atoms with E-state index >= 15 is 0 Å². The number of halogens is 4. The first kappa shape index (κ1) is 74.3. The summed E-state index contributed by atoms with van der Waals surface area (Å²) in [4.78, 5) is 26.8. The number of nitrogens with one attached hydrogen (secondary N) is 8. The topological polar surface area (TPSA) is 558 Å². The minimum atomic E-state index is -4.94. The van der Waals surface area contributed by atoms with Crippen molar-refractivity contribution in [1.82, 2.24) is 62.1 Å². The number of rotatable bonds is 0. The molecule has 0 bridgehead atoms. The van der Waals surface area contributed by atoms with Crippen molar-refractivity contribution in [3.05, 3.63) is 0 Å². The van der Waals surface area contributed by atoms with E-state index in [0.29, 0.717) is 0 Å². The van der Waals surface area contributed by atoms with Gasteiger partial charge in [0, 0.05) is 106 Å². The second-order valence-electron chi connectivity index (χ2n) is 10.8. The summed E-state index contributed by atoms with van der Waals surface area (Å²) < 4.78 is 136. The minimum absolute atomic E-state index is 0. The molecule has 2 aliphatic heterocycles. The third kappa shape index (κ3) is 118. The van der Waals surface area contributed by atoms with E-state index in [1.165, 1.54) is 0 Å². The van der Waals surface area contributed by atoms with Crippen LogP contribution in [0.15, 0.2) is 0 Å². The number of carbonyl (C=O) groups is 2. The molecule has 38 heteroatoms. The minimum Gasteiger partial charge on any atom is -0.543 e. The van der Waals surface area contributed by atoms with Crippen LogP contribution < -0.4 is 127 Å². The fourth-order valence-corrected chi connectivity index (χ4v) is 3.09. The van der Waals surface area contributed by atoms with Crippen molar-refractivity contribution < 1.29 is 168 Å². The Morgan fingerprint density at radius 3 is 0.467 bits per heavy atom. The Morgan fingerprint density at radius 2 is 0.400 bits per heavy atom. The zero-order chi connectivity index (χ0) is 46.4. The maximum atomic E-state index is 8.93. The molecule has 2 aliphatic rings. The van der Waals surface area contributed by atoms with Crippen molar-refractivity contribution in [3.63, 3.8) is 0 Å². The van der Waals surface area contributed by atoms with E-state index in [4.69, 9.17) is 94.3 Å². The SMILES string of the molecule is CN1CNCCNCN(C)CNCCNC1.CN1CNCCNCN(C)CNCCNC1.O=C([O-])C(=O)[O-].[Ni+3].[Ni+3].[O-][Cl+3]([O-])([O-])[O-].[O-][Cl+3]([O-])([O-])[O-].[O-][Cl+3]([O-])([O-])[O-].[O-][Cl+3]([O-])([O-])[O-]. The van der Waals surface area contributed by atoms with Crippen molar-refractivity contribution in [1.29, 1.82) is 0 Å². The predicted molar refractivity (Wildman–Crippen MR) is 144 cm³/mol. The van der Waals surface area contributed by atoms with Crippen LogP contribution in [0.2, 0.25) is 0 Å². The first-order valence-electron chi connectivity index (χ1n) is 15.5. The number of carbonyl (C=O) groups excluding carboxylic acids is 2. The number of hydrogen-bond acceptors (Lipinski definition) is 32. The van der Waals surface area contributed by atoms with E-state index in [1.807, 2.05) is 0 Å². The van der Waals surface area contributed by atoms with E-state index < -0.39 is 52.9 Å². The van der Waals surface area contributed by atoms with E-state index in [0.717, 1.165) is 106 Å². The third-order valence-electron chi connectivity index (χ3n) is 5.13. The molecule has 368 valence electrons. The van der Waals surface area contributed by atoms with Crippen LogP contribution in [0.3, 0.4) is 0 Å². The molecule has 2 fully saturated rings. The Bertz CT molecular complexity index is 771. The summed E-state index contributed by atoms with van der Waals surface area (Å²) in [5.74, 6) is -4.37. The van der Waals surface area contributed by atoms with E-state index in [-0.39, 0.29) is 33.0 Å². The van der Waals surface area contributed by atoms with Crippen molar-refractivity contribution in [2.75, 3.05) is 134 Å². The summed E-state index contributed by atoms with van der Waals surface area (Å²) in [6.45, 7) is 15.5. The number of carboxylic acids is 2. The van der Waals surface area contributed by atoms with Gasteiger partial charge in [0.25, 0.3) is 0 Å². The number of nitrogens with zero attached hydrogens (tertiary/aromatic N) is 4. The molecule has 0 atom stereocenters. The van der Waals surface area contributed by atoms with E-state index in [1.54, 1.807) is 0 Å². The molecule has 0 aromatic heterocycles. The first-order chi connectivity index (χ1) is 26.2. The average Bonchev–Trinajstić information content (AvgIpc) is 3.00. The summed E-state index contributed by atoms with van der Waals surface area (Å²) in [5, 5.41) is 45.0. The largest absolute Gasteiger partial charge is 3.00 e. The first-order valence-corrected chi connectivity index (χ1v) is 20.4. The summed E-state index contributed by atoms with van der Waals surface area (Å²) in [6.07, 6.45) is 0. The maximum absolute atomic E-state index is 8.93. The molecule has 0 amide bonds. The monoisotopic (exact) mass is 1060 g/mol. The zero-order valence-corrected chi connectivity index (χ0v) is 37.4. The van der Waals surface area contributed by atoms with Crippen LogP contribution in [0.1, 0.15) is 0 Å². The average molecular weight is 1060 g/mol. The summed E-state index contributed by atoms with van der Waals surface area (Å²) in [5.41, 5.74) is 0. The Morgan fingerprint density at radius 1 is 0.317 bits per heavy atom. The molecule has 32 nitrogen and oxygen atoms in total. The maximum Gasteiger partial charge on any atom is 3.00 e. The number of aliphatic carboxylic acids is 2. The second kappa shape index (κ2) is 45.5. The van der Waals surface area contributed by atoms with Crippen LogP contribution in [0.25, 0.3) is 0 Å². The van der Waals surface area contributed by atoms with Crippen LogP contribution in [-0.2, 0) is 42.6 Å². The molecule has 0 aliphatic carbocycles. The van der Waals surface area contributed by atoms with E-state index in [9.17, 15) is 0 Å². The molecule has 2 heterocycles. The zero-order valence-electron chi connectivity index (χ0n) is 32.4. The molecular formula is C22H52Cl4N12Ni2O20. The third-order valence-corrected chi connectivity index (χ3v) is 5.13. The molecule has 8 N–H and O–H groups in total. The summed E-state index contributed by atoms with van der Waals surface area (Å²) >= 11 is 0. The van der Waals surface area contributed by atoms with Crippen molar-refractivity contribution in [2.45, 2.75) is 0 Å². The smallest absolute Gasteiger partial charge is 0.543 e. The van der Waals surface area contributed by atoms with Crippen LogP contribution in [-0.4, -0.2) is 165 Å². The molecule has 2 saturated heterocycles. The summed E-state index contributed by atoms with van der Waals surface area (Å²) in [6, 6.07) is 0. The Balaban J connectivity index is -0.000000118. The fourth-order valence-electron chi connectivity index (χ4n) is 3.09. The molecule has 0 spiro atoms.